The van der Waals surface area contributed by atoms with E-state index in [0.717, 1.165) is 18.4 Å². The van der Waals surface area contributed by atoms with Gasteiger partial charge in [0.1, 0.15) is 6.10 Å². The van der Waals surface area contributed by atoms with Gasteiger partial charge in [0.05, 0.1) is 0 Å². The number of hydrogen-bond donors (Lipinski definition) is 0. The van der Waals surface area contributed by atoms with Crippen LogP contribution in [-0.4, -0.2) is 7.11 Å². The zero-order valence-corrected chi connectivity index (χ0v) is 11.3. The van der Waals surface area contributed by atoms with Gasteiger partial charge in [-0.3, -0.25) is 0 Å². The van der Waals surface area contributed by atoms with Crippen molar-refractivity contribution in [3.05, 3.63) is 35.4 Å². The van der Waals surface area contributed by atoms with Gasteiger partial charge >= 0.3 is 0 Å². The van der Waals surface area contributed by atoms with E-state index in [1.54, 1.807) is 7.11 Å². The lowest BCUT2D eigenvalue weighted by molar-refractivity contribution is 0.149. The monoisotopic (exact) mass is 230 g/mol. The van der Waals surface area contributed by atoms with E-state index in [4.69, 9.17) is 11.2 Å². The lowest BCUT2D eigenvalue weighted by atomic mass is 9.87. The van der Waals surface area contributed by atoms with E-state index in [1.807, 2.05) is 6.07 Å². The molecule has 0 spiro atoms. The molecule has 0 saturated heterocycles. The van der Waals surface area contributed by atoms with E-state index in [0.29, 0.717) is 5.41 Å². The van der Waals surface area contributed by atoms with Crippen LogP contribution in [0.5, 0.6) is 0 Å². The number of rotatable bonds is 4. The van der Waals surface area contributed by atoms with Gasteiger partial charge in [0.2, 0.25) is 0 Å². The largest absolute Gasteiger partial charge is 0.364 e. The fraction of sp³-hybridized carbons (Fsp3) is 0.500. The summed E-state index contributed by atoms with van der Waals surface area (Å²) in [4.78, 5) is 0. The first-order valence-corrected chi connectivity index (χ1v) is 6.04. The molecule has 0 fully saturated rings. The van der Waals surface area contributed by atoms with Crippen LogP contribution in [0.3, 0.4) is 0 Å². The number of benzene rings is 1. The topological polar surface area (TPSA) is 9.23 Å². The molecule has 0 N–H and O–H groups in total. The minimum atomic E-state index is -0.230. The number of methoxy groups -OCH3 is 1. The summed E-state index contributed by atoms with van der Waals surface area (Å²) in [5, 5.41) is 0. The molecule has 1 unspecified atom stereocenters. The highest BCUT2D eigenvalue weighted by Crippen LogP contribution is 2.26. The second-order valence-electron chi connectivity index (χ2n) is 5.54. The van der Waals surface area contributed by atoms with Crippen molar-refractivity contribution in [2.24, 2.45) is 5.41 Å². The van der Waals surface area contributed by atoms with Gasteiger partial charge in [0.15, 0.2) is 0 Å². The smallest absolute Gasteiger partial charge is 0.143 e. The highest BCUT2D eigenvalue weighted by Gasteiger charge is 2.15. The van der Waals surface area contributed by atoms with E-state index in [9.17, 15) is 0 Å². The summed E-state index contributed by atoms with van der Waals surface area (Å²) in [6.07, 6.45) is 7.45. The molecule has 0 radical (unpaired) electrons. The number of aryl methyl sites for hydroxylation is 1. The Hall–Kier alpha value is -1.26. The van der Waals surface area contributed by atoms with E-state index in [-0.39, 0.29) is 6.10 Å². The van der Waals surface area contributed by atoms with Crippen molar-refractivity contribution in [1.29, 1.82) is 0 Å². The molecule has 1 nitrogen and oxygen atoms in total. The first-order valence-electron chi connectivity index (χ1n) is 6.04. The van der Waals surface area contributed by atoms with Gasteiger partial charge in [0.25, 0.3) is 0 Å². The normalized spacial score (nSPS) is 13.1. The third-order valence-corrected chi connectivity index (χ3v) is 2.87. The van der Waals surface area contributed by atoms with Gasteiger partial charge in [-0.25, -0.2) is 0 Å². The van der Waals surface area contributed by atoms with Crippen LogP contribution in [0.15, 0.2) is 24.3 Å². The third kappa shape index (κ3) is 4.24. The molecule has 1 heteroatoms. The van der Waals surface area contributed by atoms with Crippen LogP contribution in [-0.2, 0) is 11.2 Å². The molecule has 0 aliphatic carbocycles. The average molecular weight is 230 g/mol. The van der Waals surface area contributed by atoms with Gasteiger partial charge in [-0.2, -0.15) is 0 Å². The van der Waals surface area contributed by atoms with Gasteiger partial charge in [-0.05, 0) is 29.4 Å². The number of hydrogen-bond acceptors (Lipinski definition) is 1. The Bertz CT molecular complexity index is 393. The van der Waals surface area contributed by atoms with Gasteiger partial charge in [0, 0.05) is 7.11 Å². The number of ether oxygens (including phenoxy) is 1. The first kappa shape index (κ1) is 13.8. The molecule has 1 atom stereocenters. The molecule has 17 heavy (non-hydrogen) atoms. The quantitative estimate of drug-likeness (QED) is 0.711. The molecule has 1 aromatic carbocycles. The maximum atomic E-state index is 5.49. The summed E-state index contributed by atoms with van der Waals surface area (Å²) < 4.78 is 5.32. The fourth-order valence-electron chi connectivity index (χ4n) is 1.81. The van der Waals surface area contributed by atoms with Crippen molar-refractivity contribution in [2.75, 3.05) is 7.11 Å². The van der Waals surface area contributed by atoms with Crippen molar-refractivity contribution in [1.82, 2.24) is 0 Å². The molecule has 0 heterocycles. The molecular weight excluding hydrogens is 208 g/mol. The second kappa shape index (κ2) is 5.89. The highest BCUT2D eigenvalue weighted by molar-refractivity contribution is 5.33. The zero-order chi connectivity index (χ0) is 12.9. The van der Waals surface area contributed by atoms with E-state index in [1.165, 1.54) is 5.56 Å². The summed E-state index contributed by atoms with van der Waals surface area (Å²) in [5.41, 5.74) is 2.76. The summed E-state index contributed by atoms with van der Waals surface area (Å²) in [7, 11) is 1.66. The Morgan fingerprint density at radius 2 is 1.94 bits per heavy atom. The van der Waals surface area contributed by atoms with Crippen molar-refractivity contribution in [3.63, 3.8) is 0 Å². The molecule has 1 aromatic rings. The summed E-state index contributed by atoms with van der Waals surface area (Å²) >= 11 is 0. The predicted molar refractivity (Wildman–Crippen MR) is 72.8 cm³/mol. The Labute approximate surface area is 105 Å². The summed E-state index contributed by atoms with van der Waals surface area (Å²) in [6.45, 7) is 6.76. The summed E-state index contributed by atoms with van der Waals surface area (Å²) in [6, 6.07) is 8.28. The Kier molecular flexibility index (Phi) is 4.78. The molecule has 0 amide bonds. The van der Waals surface area contributed by atoms with E-state index >= 15 is 0 Å². The van der Waals surface area contributed by atoms with E-state index < -0.39 is 0 Å². The lowest BCUT2D eigenvalue weighted by Crippen LogP contribution is -2.09. The van der Waals surface area contributed by atoms with Crippen LogP contribution in [0, 0.1) is 17.8 Å². The van der Waals surface area contributed by atoms with Gasteiger partial charge in [-0.15, -0.1) is 6.42 Å². The van der Waals surface area contributed by atoms with Gasteiger partial charge in [-0.1, -0.05) is 51.0 Å². The molecule has 1 rings (SSSR count). The predicted octanol–water partition coefficient (Wildman–Crippen LogP) is 3.99. The van der Waals surface area contributed by atoms with Crippen LogP contribution in [0.4, 0.5) is 0 Å². The SMILES string of the molecule is C#CC(OC)c1ccccc1CCC(C)(C)C. The molecule has 0 aliphatic heterocycles. The minimum Gasteiger partial charge on any atom is -0.364 e. The van der Waals surface area contributed by atoms with Crippen LogP contribution in [0.25, 0.3) is 0 Å². The van der Waals surface area contributed by atoms with Crippen molar-refractivity contribution in [2.45, 2.75) is 39.7 Å². The molecular formula is C16H22O. The molecule has 0 aliphatic rings. The van der Waals surface area contributed by atoms with Crippen LogP contribution in [0.2, 0.25) is 0 Å². The van der Waals surface area contributed by atoms with E-state index in [2.05, 4.69) is 44.9 Å². The molecule has 0 bridgehead atoms. The molecule has 0 aromatic heterocycles. The Morgan fingerprint density at radius 1 is 1.29 bits per heavy atom. The zero-order valence-electron chi connectivity index (χ0n) is 11.3. The second-order valence-corrected chi connectivity index (χ2v) is 5.54. The standard InChI is InChI=1S/C16H22O/c1-6-15(17-5)14-10-8-7-9-13(14)11-12-16(2,3)4/h1,7-10,15H,11-12H2,2-5H3. The summed E-state index contributed by atoms with van der Waals surface area (Å²) in [5.74, 6) is 2.68. The molecule has 92 valence electrons. The maximum Gasteiger partial charge on any atom is 0.143 e. The van der Waals surface area contributed by atoms with Crippen molar-refractivity contribution >= 4 is 0 Å². The Morgan fingerprint density at radius 3 is 2.47 bits per heavy atom. The van der Waals surface area contributed by atoms with Crippen molar-refractivity contribution in [3.8, 4) is 12.3 Å². The minimum absolute atomic E-state index is 0.230. The number of terminal acetylenes is 1. The third-order valence-electron chi connectivity index (χ3n) is 2.87. The Balaban J connectivity index is 2.89. The lowest BCUT2D eigenvalue weighted by Gasteiger charge is -2.20. The average Bonchev–Trinajstić information content (AvgIpc) is 2.28. The van der Waals surface area contributed by atoms with Crippen molar-refractivity contribution < 1.29 is 4.74 Å². The van der Waals surface area contributed by atoms with Crippen LogP contribution >= 0.6 is 0 Å². The highest BCUT2D eigenvalue weighted by atomic mass is 16.5. The van der Waals surface area contributed by atoms with Gasteiger partial charge < -0.3 is 4.74 Å². The maximum absolute atomic E-state index is 5.49. The fourth-order valence-corrected chi connectivity index (χ4v) is 1.81. The molecule has 0 saturated carbocycles. The first-order chi connectivity index (χ1) is 7.98. The van der Waals surface area contributed by atoms with Crippen LogP contribution in [0.1, 0.15) is 44.4 Å². The van der Waals surface area contributed by atoms with Crippen LogP contribution < -0.4 is 0 Å².